The molecular weight excluding hydrogens is 381 g/mol. The van der Waals surface area contributed by atoms with E-state index in [1.165, 1.54) is 11.3 Å². The van der Waals surface area contributed by atoms with Gasteiger partial charge < -0.3 is 4.74 Å². The van der Waals surface area contributed by atoms with Crippen LogP contribution in [0.5, 0.6) is 0 Å². The Morgan fingerprint density at radius 3 is 2.88 bits per heavy atom. The van der Waals surface area contributed by atoms with Crippen molar-refractivity contribution in [2.24, 2.45) is 0 Å². The first-order valence-electron chi connectivity index (χ1n) is 8.34. The molecule has 2 aromatic rings. The summed E-state index contributed by atoms with van der Waals surface area (Å²) in [6, 6.07) is 5.64. The highest BCUT2D eigenvalue weighted by Gasteiger charge is 2.20. The van der Waals surface area contributed by atoms with Crippen LogP contribution < -0.4 is 4.90 Å². The number of hydrogen-bond donors (Lipinski definition) is 0. The molecule has 1 fully saturated rings. The van der Waals surface area contributed by atoms with Crippen molar-refractivity contribution in [1.82, 2.24) is 9.88 Å². The SMILES string of the molecule is CCCC(=O)N(CCN1CCOCC1)c1nc2ccc(Cl)cc2s1.Cl. The maximum atomic E-state index is 12.6. The summed E-state index contributed by atoms with van der Waals surface area (Å²) >= 11 is 7.59. The number of carbonyl (C=O) groups is 1. The number of amides is 1. The van der Waals surface area contributed by atoms with Crippen LogP contribution in [0.4, 0.5) is 5.13 Å². The zero-order valence-electron chi connectivity index (χ0n) is 14.2. The van der Waals surface area contributed by atoms with Crippen molar-refractivity contribution in [1.29, 1.82) is 0 Å². The van der Waals surface area contributed by atoms with Gasteiger partial charge >= 0.3 is 0 Å². The van der Waals surface area contributed by atoms with Crippen molar-refractivity contribution in [2.45, 2.75) is 19.8 Å². The van der Waals surface area contributed by atoms with E-state index in [1.807, 2.05) is 30.0 Å². The number of morpholine rings is 1. The number of hydrogen-bond acceptors (Lipinski definition) is 5. The fourth-order valence-electron chi connectivity index (χ4n) is 2.74. The number of carbonyl (C=O) groups excluding carboxylic acids is 1. The zero-order valence-corrected chi connectivity index (χ0v) is 16.6. The molecule has 3 rings (SSSR count). The predicted octanol–water partition coefficient (Wildman–Crippen LogP) is 3.84. The maximum absolute atomic E-state index is 12.6. The van der Waals surface area contributed by atoms with E-state index in [-0.39, 0.29) is 18.3 Å². The van der Waals surface area contributed by atoms with Crippen molar-refractivity contribution >= 4 is 56.6 Å². The van der Waals surface area contributed by atoms with Crippen LogP contribution >= 0.6 is 35.3 Å². The van der Waals surface area contributed by atoms with Gasteiger partial charge in [-0.3, -0.25) is 14.6 Å². The average Bonchev–Trinajstić information content (AvgIpc) is 2.99. The van der Waals surface area contributed by atoms with Gasteiger partial charge in [0.2, 0.25) is 5.91 Å². The molecular formula is C17H23Cl2N3O2S. The minimum absolute atomic E-state index is 0. The number of fused-ring (bicyclic) bond motifs is 1. The van der Waals surface area contributed by atoms with E-state index >= 15 is 0 Å². The van der Waals surface area contributed by atoms with Crippen molar-refractivity contribution in [3.8, 4) is 0 Å². The van der Waals surface area contributed by atoms with Crippen LogP contribution in [0.1, 0.15) is 19.8 Å². The standard InChI is InChI=1S/C17H22ClN3O2S.ClH/c1-2-3-16(22)21(7-6-20-8-10-23-11-9-20)17-19-14-5-4-13(18)12-15(14)24-17;/h4-5,12H,2-3,6-11H2,1H3;1H. The van der Waals surface area contributed by atoms with Gasteiger partial charge in [0.05, 0.1) is 23.4 Å². The Morgan fingerprint density at radius 1 is 1.40 bits per heavy atom. The summed E-state index contributed by atoms with van der Waals surface area (Å²) in [5.41, 5.74) is 0.889. The first-order chi connectivity index (χ1) is 11.7. The number of benzene rings is 1. The lowest BCUT2D eigenvalue weighted by Crippen LogP contribution is -2.43. The van der Waals surface area contributed by atoms with Gasteiger partial charge in [-0.1, -0.05) is 29.9 Å². The molecule has 25 heavy (non-hydrogen) atoms. The van der Waals surface area contributed by atoms with E-state index in [2.05, 4.69) is 9.88 Å². The monoisotopic (exact) mass is 403 g/mol. The molecule has 0 saturated carbocycles. The first kappa shape index (κ1) is 20.4. The van der Waals surface area contributed by atoms with Gasteiger partial charge in [0.15, 0.2) is 5.13 Å². The highest BCUT2D eigenvalue weighted by atomic mass is 35.5. The van der Waals surface area contributed by atoms with Crippen LogP contribution in [0.3, 0.4) is 0 Å². The molecule has 0 atom stereocenters. The van der Waals surface area contributed by atoms with Gasteiger partial charge in [0.1, 0.15) is 0 Å². The quantitative estimate of drug-likeness (QED) is 0.734. The maximum Gasteiger partial charge on any atom is 0.228 e. The largest absolute Gasteiger partial charge is 0.379 e. The summed E-state index contributed by atoms with van der Waals surface area (Å²) in [6.45, 7) is 6.90. The molecule has 0 N–H and O–H groups in total. The van der Waals surface area contributed by atoms with Crippen molar-refractivity contribution in [3.05, 3.63) is 23.2 Å². The van der Waals surface area contributed by atoms with Crippen LogP contribution in [0.15, 0.2) is 18.2 Å². The molecule has 0 bridgehead atoms. The Labute approximate surface area is 163 Å². The highest BCUT2D eigenvalue weighted by Crippen LogP contribution is 2.31. The summed E-state index contributed by atoms with van der Waals surface area (Å²) in [4.78, 5) is 21.4. The van der Waals surface area contributed by atoms with Crippen LogP contribution in [0.25, 0.3) is 10.2 Å². The lowest BCUT2D eigenvalue weighted by atomic mass is 10.3. The number of nitrogens with zero attached hydrogens (tertiary/aromatic N) is 3. The van der Waals surface area contributed by atoms with Crippen molar-refractivity contribution < 1.29 is 9.53 Å². The van der Waals surface area contributed by atoms with E-state index in [9.17, 15) is 4.79 Å². The molecule has 1 aromatic carbocycles. The third-order valence-corrected chi connectivity index (χ3v) is 5.35. The van der Waals surface area contributed by atoms with Crippen molar-refractivity contribution in [3.63, 3.8) is 0 Å². The van der Waals surface area contributed by atoms with Crippen LogP contribution in [-0.2, 0) is 9.53 Å². The lowest BCUT2D eigenvalue weighted by Gasteiger charge is -2.29. The van der Waals surface area contributed by atoms with Crippen molar-refractivity contribution in [2.75, 3.05) is 44.3 Å². The second-order valence-corrected chi connectivity index (χ2v) is 7.30. The van der Waals surface area contributed by atoms with E-state index in [4.69, 9.17) is 16.3 Å². The normalized spacial score (nSPS) is 15.1. The smallest absolute Gasteiger partial charge is 0.228 e. The molecule has 1 amide bonds. The van der Waals surface area contributed by atoms with Crippen LogP contribution in [0.2, 0.25) is 5.02 Å². The Balaban J connectivity index is 0.00000225. The molecule has 1 saturated heterocycles. The molecule has 138 valence electrons. The van der Waals surface area contributed by atoms with Gasteiger partial charge in [-0.2, -0.15) is 0 Å². The first-order valence-corrected chi connectivity index (χ1v) is 9.53. The van der Waals surface area contributed by atoms with Gasteiger partial charge in [0.25, 0.3) is 0 Å². The second-order valence-electron chi connectivity index (χ2n) is 5.86. The van der Waals surface area contributed by atoms with E-state index in [0.29, 0.717) is 18.0 Å². The molecule has 0 radical (unpaired) electrons. The molecule has 2 heterocycles. The number of anilines is 1. The number of thiazole rings is 1. The van der Waals surface area contributed by atoms with Crippen LogP contribution in [-0.4, -0.2) is 55.2 Å². The Morgan fingerprint density at radius 2 is 2.16 bits per heavy atom. The molecule has 8 heteroatoms. The summed E-state index contributed by atoms with van der Waals surface area (Å²) in [5.74, 6) is 0.135. The third-order valence-electron chi connectivity index (χ3n) is 4.08. The molecule has 1 aromatic heterocycles. The number of rotatable bonds is 6. The third kappa shape index (κ3) is 5.28. The molecule has 0 aliphatic carbocycles. The molecule has 0 spiro atoms. The van der Waals surface area contributed by atoms with E-state index < -0.39 is 0 Å². The second kappa shape index (κ2) is 9.69. The predicted molar refractivity (Wildman–Crippen MR) is 106 cm³/mol. The summed E-state index contributed by atoms with van der Waals surface area (Å²) in [6.07, 6.45) is 1.38. The number of aromatic nitrogens is 1. The highest BCUT2D eigenvalue weighted by molar-refractivity contribution is 7.22. The molecule has 0 unspecified atom stereocenters. The fraction of sp³-hybridized carbons (Fsp3) is 0.529. The summed E-state index contributed by atoms with van der Waals surface area (Å²) in [7, 11) is 0. The molecule has 1 aliphatic heterocycles. The Kier molecular flexibility index (Phi) is 7.90. The average molecular weight is 404 g/mol. The van der Waals surface area contributed by atoms with Crippen LogP contribution in [0, 0.1) is 0 Å². The molecule has 1 aliphatic rings. The summed E-state index contributed by atoms with van der Waals surface area (Å²) < 4.78 is 6.40. The topological polar surface area (TPSA) is 45.7 Å². The van der Waals surface area contributed by atoms with E-state index in [1.54, 1.807) is 0 Å². The number of ether oxygens (including phenoxy) is 1. The number of halogens is 2. The zero-order chi connectivity index (χ0) is 16.9. The Bertz CT molecular complexity index is 704. The fourth-order valence-corrected chi connectivity index (χ4v) is 4.03. The lowest BCUT2D eigenvalue weighted by molar-refractivity contribution is -0.118. The van der Waals surface area contributed by atoms with Gasteiger partial charge in [-0.15, -0.1) is 12.4 Å². The minimum atomic E-state index is 0. The van der Waals surface area contributed by atoms with Gasteiger partial charge in [0, 0.05) is 37.6 Å². The Hall–Kier alpha value is -0.920. The van der Waals surface area contributed by atoms with Gasteiger partial charge in [-0.05, 0) is 24.6 Å². The van der Waals surface area contributed by atoms with Gasteiger partial charge in [-0.25, -0.2) is 4.98 Å². The minimum Gasteiger partial charge on any atom is -0.379 e. The van der Waals surface area contributed by atoms with E-state index in [0.717, 1.165) is 54.6 Å². The summed E-state index contributed by atoms with van der Waals surface area (Å²) in [5, 5.41) is 1.46. The molecule has 5 nitrogen and oxygen atoms in total.